The van der Waals surface area contributed by atoms with Gasteiger partial charge in [0.05, 0.1) is 21.5 Å². The van der Waals surface area contributed by atoms with Crippen LogP contribution in [0.1, 0.15) is 44.9 Å². The van der Waals surface area contributed by atoms with Gasteiger partial charge in [-0.3, -0.25) is 5.32 Å². The SMILES string of the molecule is O=C(Nc1ncc(Br)s1)N(C1CCCCC1)C1CCS(=O)(=O)CC1. The molecule has 0 aromatic carbocycles. The van der Waals surface area contributed by atoms with E-state index in [2.05, 4.69) is 26.2 Å². The zero-order chi connectivity index (χ0) is 17.2. The van der Waals surface area contributed by atoms with E-state index in [-0.39, 0.29) is 29.6 Å². The molecule has 2 amide bonds. The Bertz CT molecular complexity index is 672. The summed E-state index contributed by atoms with van der Waals surface area (Å²) in [5.74, 6) is 0.355. The number of hydrogen-bond donors (Lipinski definition) is 1. The van der Waals surface area contributed by atoms with E-state index in [1.807, 2.05) is 4.90 Å². The van der Waals surface area contributed by atoms with Crippen LogP contribution in [0, 0.1) is 0 Å². The molecule has 1 aromatic heterocycles. The fourth-order valence-electron chi connectivity index (χ4n) is 3.61. The van der Waals surface area contributed by atoms with Crippen molar-refractivity contribution in [3.8, 4) is 0 Å². The Kier molecular flexibility index (Phi) is 5.82. The molecule has 0 spiro atoms. The van der Waals surface area contributed by atoms with Gasteiger partial charge in [0, 0.05) is 12.1 Å². The van der Waals surface area contributed by atoms with Crippen molar-refractivity contribution < 1.29 is 13.2 Å². The molecule has 1 saturated carbocycles. The average molecular weight is 436 g/mol. The Morgan fingerprint density at radius 1 is 1.17 bits per heavy atom. The molecular weight excluding hydrogens is 414 g/mol. The monoisotopic (exact) mass is 435 g/mol. The van der Waals surface area contributed by atoms with Crippen LogP contribution in [0.25, 0.3) is 0 Å². The van der Waals surface area contributed by atoms with Crippen LogP contribution >= 0.6 is 27.3 Å². The number of halogens is 1. The molecule has 2 heterocycles. The highest BCUT2D eigenvalue weighted by Gasteiger charge is 2.35. The van der Waals surface area contributed by atoms with Gasteiger partial charge >= 0.3 is 6.03 Å². The molecule has 0 radical (unpaired) electrons. The van der Waals surface area contributed by atoms with E-state index in [0.717, 1.165) is 29.5 Å². The van der Waals surface area contributed by atoms with Crippen LogP contribution in [0.3, 0.4) is 0 Å². The fraction of sp³-hybridized carbons (Fsp3) is 0.733. The first-order valence-corrected chi connectivity index (χ1v) is 11.8. The third-order valence-corrected chi connectivity index (χ3v) is 7.92. The van der Waals surface area contributed by atoms with E-state index in [9.17, 15) is 13.2 Å². The van der Waals surface area contributed by atoms with Crippen molar-refractivity contribution in [2.24, 2.45) is 0 Å². The maximum atomic E-state index is 12.9. The summed E-state index contributed by atoms with van der Waals surface area (Å²) >= 11 is 4.73. The molecule has 1 aliphatic carbocycles. The number of rotatable bonds is 3. The summed E-state index contributed by atoms with van der Waals surface area (Å²) in [4.78, 5) is 19.0. The van der Waals surface area contributed by atoms with Crippen molar-refractivity contribution in [1.29, 1.82) is 0 Å². The van der Waals surface area contributed by atoms with E-state index in [1.165, 1.54) is 17.8 Å². The maximum Gasteiger partial charge on any atom is 0.324 e. The van der Waals surface area contributed by atoms with Gasteiger partial charge in [0.1, 0.15) is 9.84 Å². The number of urea groups is 1. The summed E-state index contributed by atoms with van der Waals surface area (Å²) in [6.45, 7) is 0. The Hall–Kier alpha value is -0.670. The predicted octanol–water partition coefficient (Wildman–Crippen LogP) is 3.65. The van der Waals surface area contributed by atoms with Gasteiger partial charge in [-0.25, -0.2) is 18.2 Å². The Labute approximate surface area is 155 Å². The molecule has 9 heteroatoms. The summed E-state index contributed by atoms with van der Waals surface area (Å²) in [5, 5.41) is 3.46. The van der Waals surface area contributed by atoms with Gasteiger partial charge in [0.2, 0.25) is 0 Å². The second-order valence-electron chi connectivity index (χ2n) is 6.48. The number of anilines is 1. The average Bonchev–Trinajstić information content (AvgIpc) is 2.95. The van der Waals surface area contributed by atoms with Crippen LogP contribution in [-0.2, 0) is 9.84 Å². The lowest BCUT2D eigenvalue weighted by molar-refractivity contribution is 0.127. The number of carbonyl (C=O) groups excluding carboxylic acids is 1. The van der Waals surface area contributed by atoms with Crippen LogP contribution in [0.5, 0.6) is 0 Å². The standard InChI is InChI=1S/C15H22BrN3O3S2/c16-13-10-17-14(23-13)18-15(20)19(11-4-2-1-3-5-11)12-6-8-24(21,22)9-7-12/h10-12H,1-9H2,(H,17,18,20). The van der Waals surface area contributed by atoms with Crippen LogP contribution in [0.15, 0.2) is 9.98 Å². The van der Waals surface area contributed by atoms with Crippen molar-refractivity contribution in [3.05, 3.63) is 9.98 Å². The Morgan fingerprint density at radius 3 is 2.38 bits per heavy atom. The summed E-state index contributed by atoms with van der Waals surface area (Å²) in [6, 6.07) is 0.0565. The predicted molar refractivity (Wildman–Crippen MR) is 99.2 cm³/mol. The van der Waals surface area contributed by atoms with Crippen molar-refractivity contribution in [1.82, 2.24) is 9.88 Å². The van der Waals surface area contributed by atoms with Crippen LogP contribution in [0.2, 0.25) is 0 Å². The van der Waals surface area contributed by atoms with Crippen molar-refractivity contribution in [2.75, 3.05) is 16.8 Å². The fourth-order valence-corrected chi connectivity index (χ4v) is 6.18. The smallest absolute Gasteiger partial charge is 0.318 e. The van der Waals surface area contributed by atoms with E-state index >= 15 is 0 Å². The number of hydrogen-bond acceptors (Lipinski definition) is 5. The highest BCUT2D eigenvalue weighted by Crippen LogP contribution is 2.30. The lowest BCUT2D eigenvalue weighted by Gasteiger charge is -2.41. The van der Waals surface area contributed by atoms with Gasteiger partial charge in [-0.05, 0) is 41.6 Å². The van der Waals surface area contributed by atoms with Gasteiger partial charge in [0.15, 0.2) is 5.13 Å². The number of amides is 2. The van der Waals surface area contributed by atoms with E-state index in [0.29, 0.717) is 18.0 Å². The maximum absolute atomic E-state index is 12.9. The van der Waals surface area contributed by atoms with Gasteiger partial charge < -0.3 is 4.90 Å². The van der Waals surface area contributed by atoms with Gasteiger partial charge in [-0.2, -0.15) is 0 Å². The molecule has 1 saturated heterocycles. The number of nitrogens with one attached hydrogen (secondary N) is 1. The van der Waals surface area contributed by atoms with E-state index in [1.54, 1.807) is 6.20 Å². The quantitative estimate of drug-likeness (QED) is 0.785. The topological polar surface area (TPSA) is 79.4 Å². The highest BCUT2D eigenvalue weighted by molar-refractivity contribution is 9.11. The molecule has 134 valence electrons. The number of nitrogens with zero attached hydrogens (tertiary/aromatic N) is 2. The molecule has 2 aliphatic rings. The first kappa shape index (κ1) is 18.1. The van der Waals surface area contributed by atoms with E-state index in [4.69, 9.17) is 0 Å². The first-order chi connectivity index (χ1) is 11.4. The zero-order valence-corrected chi connectivity index (χ0v) is 16.6. The molecule has 1 aromatic rings. The number of sulfone groups is 1. The molecule has 0 unspecified atom stereocenters. The minimum Gasteiger partial charge on any atom is -0.318 e. The molecule has 0 bridgehead atoms. The van der Waals surface area contributed by atoms with Gasteiger partial charge in [0.25, 0.3) is 0 Å². The van der Waals surface area contributed by atoms with Gasteiger partial charge in [-0.15, -0.1) is 0 Å². The normalized spacial score (nSPS) is 22.2. The zero-order valence-electron chi connectivity index (χ0n) is 13.4. The summed E-state index contributed by atoms with van der Waals surface area (Å²) in [5.41, 5.74) is 0. The van der Waals surface area contributed by atoms with Crippen molar-refractivity contribution >= 4 is 48.3 Å². The first-order valence-electron chi connectivity index (χ1n) is 8.36. The number of aromatic nitrogens is 1. The lowest BCUT2D eigenvalue weighted by atomic mass is 9.92. The van der Waals surface area contributed by atoms with Crippen LogP contribution in [0.4, 0.5) is 9.93 Å². The Balaban J connectivity index is 1.75. The third-order valence-electron chi connectivity index (χ3n) is 4.81. The number of thiazole rings is 1. The molecule has 1 N–H and O–H groups in total. The molecule has 0 atom stereocenters. The highest BCUT2D eigenvalue weighted by atomic mass is 79.9. The molecule has 1 aliphatic heterocycles. The second-order valence-corrected chi connectivity index (χ2v) is 11.2. The van der Waals surface area contributed by atoms with Crippen LogP contribution < -0.4 is 5.32 Å². The minimum absolute atomic E-state index is 0.0000259. The summed E-state index contributed by atoms with van der Waals surface area (Å²) in [7, 11) is -2.94. The summed E-state index contributed by atoms with van der Waals surface area (Å²) in [6.07, 6.45) is 8.20. The van der Waals surface area contributed by atoms with Crippen LogP contribution in [-0.4, -0.2) is 47.9 Å². The molecule has 6 nitrogen and oxygen atoms in total. The van der Waals surface area contributed by atoms with Crippen molar-refractivity contribution in [2.45, 2.75) is 57.0 Å². The van der Waals surface area contributed by atoms with E-state index < -0.39 is 9.84 Å². The lowest BCUT2D eigenvalue weighted by Crippen LogP contribution is -2.52. The molecule has 2 fully saturated rings. The largest absolute Gasteiger partial charge is 0.324 e. The minimum atomic E-state index is -2.94. The molecular formula is C15H22BrN3O3S2. The second kappa shape index (κ2) is 7.70. The number of carbonyl (C=O) groups is 1. The van der Waals surface area contributed by atoms with Gasteiger partial charge in [-0.1, -0.05) is 30.6 Å². The summed E-state index contributed by atoms with van der Waals surface area (Å²) < 4.78 is 24.3. The van der Waals surface area contributed by atoms with Crippen molar-refractivity contribution in [3.63, 3.8) is 0 Å². The molecule has 3 rings (SSSR count). The third kappa shape index (κ3) is 4.49. The Morgan fingerprint density at radius 2 is 1.79 bits per heavy atom. The molecule has 24 heavy (non-hydrogen) atoms.